The lowest BCUT2D eigenvalue weighted by atomic mass is 9.98. The molecule has 2 aromatic rings. The number of thiophene rings is 1. The largest absolute Gasteiger partial charge is 0.465 e. The number of hydrogen-bond donors (Lipinski definition) is 0. The normalized spacial score (nSPS) is 16.0. The summed E-state index contributed by atoms with van der Waals surface area (Å²) in [7, 11) is 0. The molecule has 0 fully saturated rings. The van der Waals surface area contributed by atoms with E-state index in [1.165, 1.54) is 0 Å². The van der Waals surface area contributed by atoms with E-state index in [1.54, 1.807) is 35.6 Å². The van der Waals surface area contributed by atoms with E-state index < -0.39 is 0 Å². The zero-order chi connectivity index (χ0) is 17.3. The smallest absolute Gasteiger partial charge is 0.314 e. The first-order chi connectivity index (χ1) is 11.6. The molecule has 3 rings (SSSR count). The Morgan fingerprint density at radius 3 is 2.58 bits per heavy atom. The van der Waals surface area contributed by atoms with Gasteiger partial charge in [0.05, 0.1) is 12.5 Å². The van der Waals surface area contributed by atoms with Gasteiger partial charge in [-0.1, -0.05) is 18.5 Å². The topological polar surface area (TPSA) is 43.4 Å². The maximum Gasteiger partial charge on any atom is 0.314 e. The van der Waals surface area contributed by atoms with Crippen LogP contribution in [0.3, 0.4) is 0 Å². The summed E-state index contributed by atoms with van der Waals surface area (Å²) in [6, 6.07) is 6.97. The number of rotatable bonds is 5. The van der Waals surface area contributed by atoms with Gasteiger partial charge in [0.1, 0.15) is 0 Å². The molecule has 5 heteroatoms. The van der Waals surface area contributed by atoms with Crippen LogP contribution >= 0.6 is 22.9 Å². The predicted octanol–water partition coefficient (Wildman–Crippen LogP) is 4.79. The second-order valence-corrected chi connectivity index (χ2v) is 7.35. The Bertz CT molecular complexity index is 777. The van der Waals surface area contributed by atoms with Gasteiger partial charge in [0, 0.05) is 25.9 Å². The summed E-state index contributed by atoms with van der Waals surface area (Å²) in [5, 5.41) is 0.611. The van der Waals surface area contributed by atoms with Crippen LogP contribution in [0.5, 0.6) is 0 Å². The fraction of sp³-hybridized carbons (Fsp3) is 0.368. The van der Waals surface area contributed by atoms with Crippen molar-refractivity contribution in [1.82, 2.24) is 0 Å². The average Bonchev–Trinajstić information content (AvgIpc) is 3.13. The van der Waals surface area contributed by atoms with Crippen molar-refractivity contribution in [2.75, 3.05) is 6.61 Å². The van der Waals surface area contributed by atoms with E-state index in [0.717, 1.165) is 40.1 Å². The third-order valence-electron chi connectivity index (χ3n) is 4.34. The molecule has 1 atom stereocenters. The number of benzene rings is 1. The number of ketones is 1. The lowest BCUT2D eigenvalue weighted by Gasteiger charge is -2.08. The van der Waals surface area contributed by atoms with E-state index in [9.17, 15) is 9.59 Å². The number of fused-ring (bicyclic) bond motifs is 1. The third kappa shape index (κ3) is 3.01. The van der Waals surface area contributed by atoms with Crippen LogP contribution < -0.4 is 0 Å². The van der Waals surface area contributed by atoms with Crippen molar-refractivity contribution in [3.63, 3.8) is 0 Å². The summed E-state index contributed by atoms with van der Waals surface area (Å²) in [6.45, 7) is 4.24. The Morgan fingerprint density at radius 1 is 1.25 bits per heavy atom. The molecule has 1 heterocycles. The van der Waals surface area contributed by atoms with Crippen LogP contribution in [-0.2, 0) is 22.4 Å². The fourth-order valence-electron chi connectivity index (χ4n) is 3.21. The second kappa shape index (κ2) is 7.08. The summed E-state index contributed by atoms with van der Waals surface area (Å²) < 4.78 is 5.19. The second-order valence-electron chi connectivity index (χ2n) is 5.78. The van der Waals surface area contributed by atoms with Gasteiger partial charge in [-0.25, -0.2) is 0 Å². The molecule has 0 aliphatic heterocycles. The molecule has 1 unspecified atom stereocenters. The lowest BCUT2D eigenvalue weighted by molar-refractivity contribution is -0.144. The minimum absolute atomic E-state index is 0.0190. The minimum atomic E-state index is -0.220. The third-order valence-corrected chi connectivity index (χ3v) is 6.08. The Kier molecular flexibility index (Phi) is 5.07. The van der Waals surface area contributed by atoms with Gasteiger partial charge in [-0.2, -0.15) is 0 Å². The molecule has 24 heavy (non-hydrogen) atoms. The zero-order valence-corrected chi connectivity index (χ0v) is 15.3. The van der Waals surface area contributed by atoms with Gasteiger partial charge in [0.2, 0.25) is 0 Å². The summed E-state index contributed by atoms with van der Waals surface area (Å²) in [5.41, 5.74) is 2.45. The van der Waals surface area contributed by atoms with Gasteiger partial charge in [0.25, 0.3) is 0 Å². The molecular formula is C19H19ClO3S. The van der Waals surface area contributed by atoms with Gasteiger partial charge >= 0.3 is 5.97 Å². The number of halogens is 1. The average molecular weight is 363 g/mol. The van der Waals surface area contributed by atoms with E-state index >= 15 is 0 Å². The Labute approximate surface area is 150 Å². The van der Waals surface area contributed by atoms with Gasteiger partial charge in [-0.3, -0.25) is 9.59 Å². The van der Waals surface area contributed by atoms with Crippen molar-refractivity contribution in [2.45, 2.75) is 39.0 Å². The van der Waals surface area contributed by atoms with Crippen LogP contribution in [0.15, 0.2) is 24.3 Å². The van der Waals surface area contributed by atoms with Crippen LogP contribution in [0.1, 0.15) is 57.4 Å². The number of esters is 1. The van der Waals surface area contributed by atoms with E-state index in [2.05, 4.69) is 0 Å². The van der Waals surface area contributed by atoms with E-state index in [-0.39, 0.29) is 17.7 Å². The Morgan fingerprint density at radius 2 is 1.96 bits per heavy atom. The predicted molar refractivity (Wildman–Crippen MR) is 96.3 cm³/mol. The maximum atomic E-state index is 13.0. The standard InChI is InChI=1S/C19H19ClO3S/c1-3-15-16(17(21)11-5-7-12(20)8-6-11)13-9-10-14(18(13)24-15)19(22)23-4-2/h5-8,14H,3-4,9-10H2,1-2H3. The van der Waals surface area contributed by atoms with Gasteiger partial charge in [-0.05, 0) is 56.0 Å². The monoisotopic (exact) mass is 362 g/mol. The van der Waals surface area contributed by atoms with Gasteiger partial charge < -0.3 is 4.74 Å². The maximum absolute atomic E-state index is 13.0. The van der Waals surface area contributed by atoms with Gasteiger partial charge in [0.15, 0.2) is 5.78 Å². The molecule has 3 nitrogen and oxygen atoms in total. The number of aryl methyl sites for hydroxylation is 1. The molecular weight excluding hydrogens is 344 g/mol. The molecule has 0 bridgehead atoms. The first-order valence-corrected chi connectivity index (χ1v) is 9.37. The highest BCUT2D eigenvalue weighted by atomic mass is 35.5. The van der Waals surface area contributed by atoms with Crippen molar-refractivity contribution < 1.29 is 14.3 Å². The highest BCUT2D eigenvalue weighted by Crippen LogP contribution is 2.44. The SMILES string of the molecule is CCOC(=O)C1CCc2c1sc(CC)c2C(=O)c1ccc(Cl)cc1. The summed E-state index contributed by atoms with van der Waals surface area (Å²) >= 11 is 7.51. The van der Waals surface area contributed by atoms with Crippen molar-refractivity contribution in [1.29, 1.82) is 0 Å². The van der Waals surface area contributed by atoms with Crippen LogP contribution in [-0.4, -0.2) is 18.4 Å². The molecule has 0 amide bonds. The van der Waals surface area contributed by atoms with Crippen molar-refractivity contribution >= 4 is 34.7 Å². The molecule has 0 saturated heterocycles. The molecule has 0 N–H and O–H groups in total. The number of carbonyl (C=O) groups excluding carboxylic acids is 2. The quantitative estimate of drug-likeness (QED) is 0.567. The zero-order valence-electron chi connectivity index (χ0n) is 13.7. The van der Waals surface area contributed by atoms with Crippen LogP contribution in [0.2, 0.25) is 5.02 Å². The summed E-state index contributed by atoms with van der Waals surface area (Å²) in [4.78, 5) is 27.3. The molecule has 0 radical (unpaired) electrons. The van der Waals surface area contributed by atoms with Crippen LogP contribution in [0.4, 0.5) is 0 Å². The molecule has 0 spiro atoms. The summed E-state index contributed by atoms with van der Waals surface area (Å²) in [5.74, 6) is -0.377. The first kappa shape index (κ1) is 17.2. The summed E-state index contributed by atoms with van der Waals surface area (Å²) in [6.07, 6.45) is 2.26. The molecule has 1 aliphatic rings. The van der Waals surface area contributed by atoms with Crippen molar-refractivity contribution in [3.8, 4) is 0 Å². The van der Waals surface area contributed by atoms with Crippen molar-refractivity contribution in [2.24, 2.45) is 0 Å². The number of carbonyl (C=O) groups is 2. The molecule has 1 aliphatic carbocycles. The van der Waals surface area contributed by atoms with Crippen molar-refractivity contribution in [3.05, 3.63) is 55.7 Å². The number of ether oxygens (including phenoxy) is 1. The first-order valence-electron chi connectivity index (χ1n) is 8.18. The van der Waals surface area contributed by atoms with E-state index in [0.29, 0.717) is 17.2 Å². The molecule has 0 saturated carbocycles. The number of hydrogen-bond acceptors (Lipinski definition) is 4. The van der Waals surface area contributed by atoms with E-state index in [4.69, 9.17) is 16.3 Å². The minimum Gasteiger partial charge on any atom is -0.465 e. The van der Waals surface area contributed by atoms with Gasteiger partial charge in [-0.15, -0.1) is 11.3 Å². The van der Waals surface area contributed by atoms with E-state index in [1.807, 2.05) is 13.8 Å². The highest BCUT2D eigenvalue weighted by Gasteiger charge is 2.36. The van der Waals surface area contributed by atoms with Crippen LogP contribution in [0, 0.1) is 0 Å². The Hall–Kier alpha value is -1.65. The molecule has 126 valence electrons. The van der Waals surface area contributed by atoms with Crippen LogP contribution in [0.25, 0.3) is 0 Å². The molecule has 1 aromatic heterocycles. The molecule has 1 aromatic carbocycles. The lowest BCUT2D eigenvalue weighted by Crippen LogP contribution is -2.12. The fourth-order valence-corrected chi connectivity index (χ4v) is 4.75. The highest BCUT2D eigenvalue weighted by molar-refractivity contribution is 7.12. The Balaban J connectivity index is 2.00.